The lowest BCUT2D eigenvalue weighted by Crippen LogP contribution is -2.43. The third-order valence-corrected chi connectivity index (χ3v) is 7.16. The highest BCUT2D eigenvalue weighted by molar-refractivity contribution is 7.61. The lowest BCUT2D eigenvalue weighted by atomic mass is 10.1. The maximum atomic E-state index is 12.1. The fourth-order valence-electron chi connectivity index (χ4n) is 3.68. The van der Waals surface area contributed by atoms with Gasteiger partial charge in [-0.1, -0.05) is 24.3 Å². The van der Waals surface area contributed by atoms with E-state index in [9.17, 15) is 22.8 Å². The van der Waals surface area contributed by atoms with Gasteiger partial charge in [-0.2, -0.15) is 12.8 Å². The van der Waals surface area contributed by atoms with Crippen molar-refractivity contribution in [3.63, 3.8) is 0 Å². The van der Waals surface area contributed by atoms with Gasteiger partial charge in [0.15, 0.2) is 12.0 Å². The van der Waals surface area contributed by atoms with E-state index in [-0.39, 0.29) is 12.3 Å². The van der Waals surface area contributed by atoms with Gasteiger partial charge in [-0.3, -0.25) is 19.9 Å². The Hall–Kier alpha value is -4.17. The number of hydrogen-bond donors (Lipinski definition) is 4. The fraction of sp³-hybridized carbons (Fsp3) is 0.292. The van der Waals surface area contributed by atoms with Crippen LogP contribution in [0, 0.1) is 0 Å². The van der Waals surface area contributed by atoms with Crippen LogP contribution < -0.4 is 16.0 Å². The Kier molecular flexibility index (Phi) is 8.76. The number of guanidine groups is 1. The minimum Gasteiger partial charge on any atom is -0.480 e. The number of carboxylic acids is 1. The first-order valence-corrected chi connectivity index (χ1v) is 13.5. The van der Waals surface area contributed by atoms with Crippen molar-refractivity contribution >= 4 is 67.4 Å². The number of aliphatic imine (C=N–C) groups is 1. The average Bonchev–Trinajstić information content (AvgIpc) is 3.37. The largest absolute Gasteiger partial charge is 0.480 e. The number of pyridine rings is 1. The lowest BCUT2D eigenvalue weighted by Gasteiger charge is -2.14. The van der Waals surface area contributed by atoms with Gasteiger partial charge in [0.1, 0.15) is 0 Å². The molecule has 0 unspecified atom stereocenters. The van der Waals surface area contributed by atoms with E-state index in [0.29, 0.717) is 23.8 Å². The molecule has 14 heteroatoms. The van der Waals surface area contributed by atoms with Gasteiger partial charge in [-0.15, -0.1) is 11.3 Å². The topological polar surface area (TPSA) is 179 Å². The number of carbonyl (C=O) groups is 3. The number of carbonyl (C=O) groups excluding carboxylic acids is 2. The third kappa shape index (κ3) is 6.98. The molecule has 1 aliphatic heterocycles. The number of rotatable bonds is 8. The van der Waals surface area contributed by atoms with Crippen molar-refractivity contribution in [3.8, 4) is 0 Å². The summed E-state index contributed by atoms with van der Waals surface area (Å²) in [7, 11) is -2.89. The predicted molar refractivity (Wildman–Crippen MR) is 142 cm³/mol. The number of thiophene rings is 1. The number of aliphatic carboxylic acids is 1. The smallest absolute Gasteiger partial charge is 0.331 e. The Morgan fingerprint density at radius 1 is 1.16 bits per heavy atom. The number of para-hydroxylation sites is 1. The highest BCUT2D eigenvalue weighted by Gasteiger charge is 2.19. The SMILES string of the molecule is O=C(CCc1ccc(C(=O)NC[C@H](N=S(=O)=O)C(=O)O)s1)NC1=NCCCN1.c1cc2ccc3c(c1)c2N=3. The Labute approximate surface area is 222 Å². The normalized spacial score (nSPS) is 13.6. The van der Waals surface area contributed by atoms with Crippen molar-refractivity contribution in [2.45, 2.75) is 25.3 Å². The van der Waals surface area contributed by atoms with E-state index in [1.807, 2.05) is 0 Å². The molecule has 2 aromatic carbocycles. The minimum atomic E-state index is -2.89. The summed E-state index contributed by atoms with van der Waals surface area (Å²) in [6.45, 7) is 0.989. The summed E-state index contributed by atoms with van der Waals surface area (Å²) < 4.78 is 24.0. The van der Waals surface area contributed by atoms with Crippen molar-refractivity contribution in [2.75, 3.05) is 19.6 Å². The van der Waals surface area contributed by atoms with Crippen LogP contribution in [0.4, 0.5) is 0 Å². The number of benzene rings is 2. The zero-order chi connectivity index (χ0) is 27.1. The van der Waals surface area contributed by atoms with Crippen LogP contribution in [-0.4, -0.2) is 67.9 Å². The number of hydrogen-bond acceptors (Lipinski definition) is 10. The lowest BCUT2D eigenvalue weighted by molar-refractivity contribution is -0.138. The first-order valence-electron chi connectivity index (χ1n) is 11.7. The number of nitrogens with one attached hydrogen (secondary N) is 3. The summed E-state index contributed by atoms with van der Waals surface area (Å²) in [6.07, 6.45) is 1.58. The molecule has 4 heterocycles. The van der Waals surface area contributed by atoms with Gasteiger partial charge in [0.05, 0.1) is 22.5 Å². The van der Waals surface area contributed by atoms with Crippen LogP contribution in [0.3, 0.4) is 0 Å². The van der Waals surface area contributed by atoms with E-state index >= 15 is 0 Å². The predicted octanol–water partition coefficient (Wildman–Crippen LogP) is 1.66. The number of carboxylic acid groups (broad SMARTS) is 1. The summed E-state index contributed by atoms with van der Waals surface area (Å²) in [5.41, 5.74) is 2.32. The van der Waals surface area contributed by atoms with Crippen molar-refractivity contribution in [2.24, 2.45) is 9.36 Å². The molecule has 0 spiro atoms. The van der Waals surface area contributed by atoms with Gasteiger partial charge in [-0.25, -0.2) is 9.78 Å². The molecule has 38 heavy (non-hydrogen) atoms. The molecule has 0 aliphatic carbocycles. The Morgan fingerprint density at radius 2 is 2.00 bits per heavy atom. The molecule has 6 rings (SSSR count). The van der Waals surface area contributed by atoms with E-state index in [2.05, 4.69) is 60.6 Å². The van der Waals surface area contributed by atoms with Crippen molar-refractivity contribution in [1.29, 1.82) is 0 Å². The molecule has 1 atom stereocenters. The van der Waals surface area contributed by atoms with Crippen LogP contribution >= 0.6 is 11.3 Å². The summed E-state index contributed by atoms with van der Waals surface area (Å²) in [5.74, 6) is -1.72. The van der Waals surface area contributed by atoms with Gasteiger partial charge in [-0.05, 0) is 31.0 Å². The third-order valence-electron chi connectivity index (χ3n) is 5.59. The number of aromatic nitrogens is 1. The summed E-state index contributed by atoms with van der Waals surface area (Å²) >= 11 is 1.17. The second-order valence-corrected chi connectivity index (χ2v) is 10.1. The Morgan fingerprint density at radius 3 is 2.66 bits per heavy atom. The maximum absolute atomic E-state index is 12.1. The number of amides is 2. The van der Waals surface area contributed by atoms with Crippen LogP contribution in [0.1, 0.15) is 27.4 Å². The molecular weight excluding hydrogens is 532 g/mol. The molecule has 0 fully saturated rings. The molecule has 2 amide bonds. The minimum absolute atomic E-state index is 0.191. The zero-order valence-electron chi connectivity index (χ0n) is 20.0. The molecule has 4 N–H and O–H groups in total. The molecule has 0 saturated carbocycles. The molecule has 198 valence electrons. The average molecular weight is 557 g/mol. The highest BCUT2D eigenvalue weighted by Crippen LogP contribution is 2.28. The number of nitrogens with zero attached hydrogens (tertiary/aromatic N) is 3. The van der Waals surface area contributed by atoms with Crippen LogP contribution in [0.15, 0.2) is 51.8 Å². The van der Waals surface area contributed by atoms with Gasteiger partial charge >= 0.3 is 16.5 Å². The van der Waals surface area contributed by atoms with Crippen molar-refractivity contribution in [1.82, 2.24) is 20.9 Å². The van der Waals surface area contributed by atoms with Crippen LogP contribution in [0.25, 0.3) is 21.8 Å². The highest BCUT2D eigenvalue weighted by atomic mass is 32.2. The summed E-state index contributed by atoms with van der Waals surface area (Å²) in [6, 6.07) is 12.1. The van der Waals surface area contributed by atoms with E-state index in [4.69, 9.17) is 5.11 Å². The Balaban J connectivity index is 0.000000273. The van der Waals surface area contributed by atoms with Crippen molar-refractivity contribution < 1.29 is 27.9 Å². The zero-order valence-corrected chi connectivity index (χ0v) is 21.6. The molecule has 0 saturated heterocycles. The molecule has 0 radical (unpaired) electrons. The van der Waals surface area contributed by atoms with Gasteiger partial charge in [0.25, 0.3) is 5.91 Å². The summed E-state index contributed by atoms with van der Waals surface area (Å²) in [5, 5.41) is 19.5. The summed E-state index contributed by atoms with van der Waals surface area (Å²) in [4.78, 5) is 44.5. The molecule has 12 nitrogen and oxygen atoms in total. The molecule has 5 aromatic rings. The van der Waals surface area contributed by atoms with Crippen LogP contribution in [0.2, 0.25) is 0 Å². The van der Waals surface area contributed by atoms with Crippen molar-refractivity contribution in [3.05, 3.63) is 52.2 Å². The standard InChI is InChI=1S/C15H19N5O6S2.C9H5N/c21-12(19-15-16-6-1-7-17-15)5-3-9-2-4-11(27-9)13(22)18-8-10(14(23)24)20-28(25)26;1-2-6-4-5-8-7(3-1)9(6)10-8/h2,4,10H,1,3,5-8H2,(H,18,22)(H,23,24)(H2,16,17,19,21);1-5H/t10-;/m0./s1. The van der Waals surface area contributed by atoms with Crippen LogP contribution in [-0.2, 0) is 26.5 Å². The monoisotopic (exact) mass is 556 g/mol. The molecular formula is C24H24N6O6S2. The van der Waals surface area contributed by atoms with Crippen LogP contribution in [0.5, 0.6) is 0 Å². The first kappa shape index (κ1) is 26.9. The molecule has 4 bridgehead atoms. The second kappa shape index (κ2) is 12.4. The van der Waals surface area contributed by atoms with Gasteiger partial charge < -0.3 is 15.7 Å². The Bertz CT molecular complexity index is 1550. The number of aryl methyl sites for hydroxylation is 1. The quantitative estimate of drug-likeness (QED) is 0.253. The van der Waals surface area contributed by atoms with E-state index in [0.717, 1.165) is 23.4 Å². The number of fused-ring (bicyclic) bond motifs is 1. The molecule has 1 aliphatic rings. The van der Waals surface area contributed by atoms with E-state index in [1.165, 1.54) is 27.6 Å². The maximum Gasteiger partial charge on any atom is 0.331 e. The van der Waals surface area contributed by atoms with E-state index in [1.54, 1.807) is 12.1 Å². The second-order valence-electron chi connectivity index (χ2n) is 8.29. The van der Waals surface area contributed by atoms with Gasteiger partial charge in [0.2, 0.25) is 5.91 Å². The molecule has 3 aromatic heterocycles. The van der Waals surface area contributed by atoms with Gasteiger partial charge in [0, 0.05) is 35.2 Å². The fourth-order valence-corrected chi connectivity index (χ4v) is 4.98. The van der Waals surface area contributed by atoms with E-state index < -0.39 is 35.0 Å². The first-order chi connectivity index (χ1) is 18.3.